The van der Waals surface area contributed by atoms with E-state index in [1.54, 1.807) is 76.3 Å². The monoisotopic (exact) mass is 1290 g/mol. The number of amides is 11. The van der Waals surface area contributed by atoms with Crippen molar-refractivity contribution in [2.24, 2.45) is 51.8 Å². The van der Waals surface area contributed by atoms with Gasteiger partial charge in [0.1, 0.15) is 66.5 Å². The Hall–Kier alpha value is -7.99. The Morgan fingerprint density at radius 3 is 1.49 bits per heavy atom. The van der Waals surface area contributed by atoms with Gasteiger partial charge >= 0.3 is 5.97 Å². The molecule has 91 heavy (non-hydrogen) atoms. The van der Waals surface area contributed by atoms with Crippen molar-refractivity contribution in [1.29, 1.82) is 0 Å². The maximum absolute atomic E-state index is 14.5. The zero-order chi connectivity index (χ0) is 68.8. The van der Waals surface area contributed by atoms with Gasteiger partial charge in [0, 0.05) is 13.0 Å². The molecule has 0 aliphatic carbocycles. The quantitative estimate of drug-likeness (QED) is 0.0139. The molecule has 1 saturated heterocycles. The Bertz CT molecular complexity index is 2630. The van der Waals surface area contributed by atoms with E-state index in [1.165, 1.54) is 6.92 Å². The van der Waals surface area contributed by atoms with E-state index in [0.717, 1.165) is 5.56 Å². The summed E-state index contributed by atoms with van der Waals surface area (Å²) in [7, 11) is 1.60. The summed E-state index contributed by atoms with van der Waals surface area (Å²) in [5.74, 6) is -13.9. The highest BCUT2D eigenvalue weighted by molar-refractivity contribution is 6.00. The van der Waals surface area contributed by atoms with Crippen molar-refractivity contribution < 1.29 is 72.5 Å². The molecule has 1 aliphatic heterocycles. The van der Waals surface area contributed by atoms with Crippen molar-refractivity contribution in [2.75, 3.05) is 26.8 Å². The van der Waals surface area contributed by atoms with Crippen LogP contribution >= 0.6 is 0 Å². The van der Waals surface area contributed by atoms with E-state index in [1.807, 2.05) is 30.3 Å². The number of carbonyl (C=O) groups is 12. The van der Waals surface area contributed by atoms with Crippen LogP contribution in [-0.2, 0) is 68.7 Å². The van der Waals surface area contributed by atoms with Gasteiger partial charge in [-0.3, -0.25) is 57.7 Å². The number of aliphatic hydroxyl groups is 2. The van der Waals surface area contributed by atoms with E-state index in [-0.39, 0.29) is 38.2 Å². The molecule has 1 fully saturated rings. The van der Waals surface area contributed by atoms with Crippen LogP contribution in [0.4, 0.5) is 0 Å². The zero-order valence-corrected chi connectivity index (χ0v) is 54.8. The molecular formula is C61H103N15O15. The molecular weight excluding hydrogens is 1180 g/mol. The third kappa shape index (κ3) is 25.3. The topological polar surface area (TPSA) is 477 Å². The lowest BCUT2D eigenvalue weighted by atomic mass is 9.94. The Labute approximate surface area is 533 Å². The van der Waals surface area contributed by atoms with Gasteiger partial charge in [0.05, 0.1) is 19.3 Å². The number of carbonyl (C=O) groups excluding carboxylic acids is 12. The highest BCUT2D eigenvalue weighted by Crippen LogP contribution is 2.19. The third-order valence-electron chi connectivity index (χ3n) is 16.8. The van der Waals surface area contributed by atoms with E-state index < -0.39 is 199 Å². The fraction of sp³-hybridized carbons (Fsp3) is 0.689. The molecule has 2 rings (SSSR count). The average Bonchev–Trinajstić information content (AvgIpc) is 3.83. The normalized spacial score (nSPS) is 21.1. The van der Waals surface area contributed by atoms with E-state index >= 15 is 0 Å². The molecule has 1 aliphatic rings. The maximum atomic E-state index is 14.5. The number of hydrogen-bond acceptors (Lipinski definition) is 17. The molecule has 1 unspecified atom stereocenters. The lowest BCUT2D eigenvalue weighted by Gasteiger charge is -2.31. The summed E-state index contributed by atoms with van der Waals surface area (Å²) >= 11 is 0. The second-order valence-electron chi connectivity index (χ2n) is 23.6. The first-order chi connectivity index (χ1) is 43.0. The minimum absolute atomic E-state index is 0.0407. The van der Waals surface area contributed by atoms with Gasteiger partial charge in [-0.25, -0.2) is 4.79 Å². The highest BCUT2D eigenvalue weighted by Gasteiger charge is 2.42. The van der Waals surface area contributed by atoms with E-state index in [9.17, 15) is 67.7 Å². The van der Waals surface area contributed by atoms with Crippen molar-refractivity contribution >= 4 is 76.9 Å². The summed E-state index contributed by atoms with van der Waals surface area (Å²) in [6, 6.07) is -6.43. The first-order valence-corrected chi connectivity index (χ1v) is 31.5. The number of nitrogens with zero attached hydrogens (tertiary/aromatic N) is 1. The molecule has 0 aromatic heterocycles. The number of nitrogens with two attached hydrogens (primary N) is 3. The Balaban J connectivity index is 2.49. The summed E-state index contributed by atoms with van der Waals surface area (Å²) in [5.41, 5.74) is 17.3. The number of guanidine groups is 1. The number of rotatable bonds is 36. The number of benzene rings is 1. The minimum atomic E-state index is -1.85. The van der Waals surface area contributed by atoms with Crippen LogP contribution in [0.3, 0.4) is 0 Å². The second-order valence-corrected chi connectivity index (χ2v) is 23.6. The van der Waals surface area contributed by atoms with Gasteiger partial charge in [0.2, 0.25) is 65.0 Å². The number of nitrogens with one attached hydrogen (secondary N) is 11. The van der Waals surface area contributed by atoms with Gasteiger partial charge in [-0.05, 0) is 74.8 Å². The number of esters is 1. The maximum Gasteiger partial charge on any atom is 0.329 e. The molecule has 1 heterocycles. The summed E-state index contributed by atoms with van der Waals surface area (Å²) in [6.07, 6.45) is -0.296. The van der Waals surface area contributed by atoms with E-state index in [0.29, 0.717) is 25.7 Å². The molecule has 19 N–H and O–H groups in total. The number of likely N-dealkylation sites (N-methyl/N-ethyl adjacent to an activating group) is 1. The summed E-state index contributed by atoms with van der Waals surface area (Å²) in [6.45, 7) is 16.4. The third-order valence-corrected chi connectivity index (χ3v) is 16.8. The van der Waals surface area contributed by atoms with Crippen LogP contribution in [0.15, 0.2) is 35.3 Å². The SMILES string of the molecule is CCC(C)[C@@H]1NC(=O)[C@H](CCCN=C(N)N)NC(=O)[C@H](NC(=O)[C@H](CO)NC(=O)[C@@H](NC(=O)[C@H](NC(=O)[C@@H](CCC(N)=O)NC(=O)[C@H](CO)NC(=O)[C@@H](NC(=O)[C@@H](Cc2ccccc2)NC)[C@@H](C)CC)[C@H](C)CC)[C@@H](C)CC)[C@H](C)OC(=O)[C@H]([C@@H](C)CC)NC1=O. The molecule has 1 aromatic carbocycles. The van der Waals surface area contributed by atoms with Crippen molar-refractivity contribution in [3.63, 3.8) is 0 Å². The molecule has 30 nitrogen and oxygen atoms in total. The van der Waals surface area contributed by atoms with Crippen LogP contribution in [0.5, 0.6) is 0 Å². The lowest BCUT2D eigenvalue weighted by molar-refractivity contribution is -0.157. The fourth-order valence-electron chi connectivity index (χ4n) is 9.65. The van der Waals surface area contributed by atoms with Crippen molar-refractivity contribution in [3.05, 3.63) is 35.9 Å². The van der Waals surface area contributed by atoms with Gasteiger partial charge in [0.25, 0.3) is 0 Å². The molecule has 0 saturated carbocycles. The fourth-order valence-corrected chi connectivity index (χ4v) is 9.65. The number of aliphatic hydroxyl groups excluding tert-OH is 2. The van der Waals surface area contributed by atoms with Crippen LogP contribution in [0.1, 0.15) is 140 Å². The zero-order valence-electron chi connectivity index (χ0n) is 54.8. The van der Waals surface area contributed by atoms with Crippen LogP contribution in [0, 0.1) is 29.6 Å². The van der Waals surface area contributed by atoms with Crippen molar-refractivity contribution in [3.8, 4) is 0 Å². The molecule has 0 spiro atoms. The average molecular weight is 1290 g/mol. The summed E-state index contributed by atoms with van der Waals surface area (Å²) in [5, 5.41) is 49.8. The van der Waals surface area contributed by atoms with Crippen molar-refractivity contribution in [2.45, 2.75) is 213 Å². The van der Waals surface area contributed by atoms with Gasteiger partial charge in [-0.1, -0.05) is 132 Å². The number of hydrogen-bond donors (Lipinski definition) is 16. The lowest BCUT2D eigenvalue weighted by Crippen LogP contribution is -2.63. The van der Waals surface area contributed by atoms with Crippen LogP contribution in [0.25, 0.3) is 0 Å². The predicted octanol–water partition coefficient (Wildman–Crippen LogP) is -2.86. The van der Waals surface area contributed by atoms with Crippen LogP contribution in [-0.4, -0.2) is 186 Å². The standard InChI is InChI=1S/C61H103N15O15/c1-13-31(6)44(73-52(82)40(65-12)28-37-22-19-18-20-23-37)55(85)69-41(29-77)53(83)67-39(25-26-43(62)79)51(81)72-46(33(8)15-3)57(87)74-45(32(7)14-2)56(86)70-42(30-78)54(84)76-49-36(11)91-60(90)48(35(10)17-5)75-58(88)47(34(9)16-4)71-50(80)38(68-59(49)89)24-21-27-66-61(63)64/h18-20,22-23,31-36,38-42,44-49,65,77-78H,13-17,21,24-30H2,1-12H3,(H2,62,79)(H,67,83)(H,68,89)(H,69,85)(H,70,86)(H,71,80)(H,72,81)(H,73,82)(H,74,87)(H,75,88)(H,76,84)(H4,63,64,66)/t31-,32-,33+,34?,35-,36-,38-,39+,40+,41-,42-,44-,45-,46+,47-,48-,49+/m0/s1. The molecule has 1 aromatic rings. The molecule has 11 amide bonds. The first-order valence-electron chi connectivity index (χ1n) is 31.5. The number of primary amides is 1. The second kappa shape index (κ2) is 40.0. The molecule has 0 radical (unpaired) electrons. The van der Waals surface area contributed by atoms with E-state index in [2.05, 4.69) is 63.5 Å². The Morgan fingerprint density at radius 2 is 1.02 bits per heavy atom. The smallest absolute Gasteiger partial charge is 0.329 e. The summed E-state index contributed by atoms with van der Waals surface area (Å²) in [4.78, 5) is 171. The van der Waals surface area contributed by atoms with Gasteiger partial charge in [-0.2, -0.15) is 0 Å². The van der Waals surface area contributed by atoms with Crippen LogP contribution in [0.2, 0.25) is 0 Å². The minimum Gasteiger partial charge on any atom is -0.458 e. The number of aliphatic imine (C=N–C) groups is 1. The molecule has 17 atom stereocenters. The summed E-state index contributed by atoms with van der Waals surface area (Å²) < 4.78 is 5.79. The first kappa shape index (κ1) is 79.1. The van der Waals surface area contributed by atoms with Crippen LogP contribution < -0.4 is 75.7 Å². The molecule has 0 bridgehead atoms. The van der Waals surface area contributed by atoms with Gasteiger partial charge in [-0.15, -0.1) is 0 Å². The highest BCUT2D eigenvalue weighted by atomic mass is 16.5. The van der Waals surface area contributed by atoms with Gasteiger partial charge in [0.15, 0.2) is 5.96 Å². The molecule has 30 heteroatoms. The Morgan fingerprint density at radius 1 is 0.571 bits per heavy atom. The largest absolute Gasteiger partial charge is 0.458 e. The predicted molar refractivity (Wildman–Crippen MR) is 338 cm³/mol. The number of cyclic esters (lactones) is 1. The van der Waals surface area contributed by atoms with Gasteiger partial charge < -0.3 is 90.6 Å². The van der Waals surface area contributed by atoms with E-state index in [4.69, 9.17) is 21.9 Å². The number of ether oxygens (including phenoxy) is 1. The Kier molecular flexibility index (Phi) is 34.8. The molecule has 512 valence electrons. The van der Waals surface area contributed by atoms with Crippen molar-refractivity contribution in [1.82, 2.24) is 58.5 Å².